The van der Waals surface area contributed by atoms with E-state index in [4.69, 9.17) is 5.73 Å². The van der Waals surface area contributed by atoms with E-state index >= 15 is 0 Å². The lowest BCUT2D eigenvalue weighted by Crippen LogP contribution is -2.35. The maximum atomic E-state index is 11.7. The van der Waals surface area contributed by atoms with E-state index in [-0.39, 0.29) is 24.2 Å². The first-order chi connectivity index (χ1) is 9.04. The molecule has 5 heteroatoms. The average molecular weight is 301 g/mol. The molecule has 0 aliphatic heterocycles. The number of amides is 1. The molecule has 0 spiro atoms. The summed E-state index contributed by atoms with van der Waals surface area (Å²) in [5.74, 6) is 0.149. The zero-order valence-corrected chi connectivity index (χ0v) is 13.0. The van der Waals surface area contributed by atoms with Gasteiger partial charge in [-0.3, -0.25) is 4.79 Å². The third-order valence-electron chi connectivity index (χ3n) is 3.49. The molecular weight excluding hydrogens is 276 g/mol. The monoisotopic (exact) mass is 300 g/mol. The third kappa shape index (κ3) is 6.26. The Hall–Kier alpha value is -1.26. The van der Waals surface area contributed by atoms with Gasteiger partial charge in [-0.1, -0.05) is 38.5 Å². The summed E-state index contributed by atoms with van der Waals surface area (Å²) in [4.78, 5) is 11.7. The number of halogens is 1. The van der Waals surface area contributed by atoms with Crippen molar-refractivity contribution in [2.45, 2.75) is 39.2 Å². The molecule has 4 nitrogen and oxygen atoms in total. The van der Waals surface area contributed by atoms with Crippen molar-refractivity contribution in [1.82, 2.24) is 5.32 Å². The lowest BCUT2D eigenvalue weighted by molar-refractivity contribution is -0.121. The Morgan fingerprint density at radius 1 is 1.40 bits per heavy atom. The summed E-state index contributed by atoms with van der Waals surface area (Å²) in [7, 11) is 0. The van der Waals surface area contributed by atoms with Crippen LogP contribution in [0, 0.1) is 5.92 Å². The number of anilines is 1. The zero-order chi connectivity index (χ0) is 14.3. The minimum atomic E-state index is -0.476. The van der Waals surface area contributed by atoms with Crippen LogP contribution >= 0.6 is 12.4 Å². The fraction of sp³-hybridized carbons (Fsp3) is 0.533. The number of benzene rings is 1. The van der Waals surface area contributed by atoms with Gasteiger partial charge in [-0.15, -0.1) is 12.4 Å². The minimum Gasteiger partial charge on any atom is -0.399 e. The number of carbonyl (C=O) groups is 1. The Labute approximate surface area is 127 Å². The number of carbonyl (C=O) groups excluding carboxylic acids is 1. The van der Waals surface area contributed by atoms with Crippen molar-refractivity contribution in [3.05, 3.63) is 29.8 Å². The van der Waals surface area contributed by atoms with Crippen molar-refractivity contribution in [1.29, 1.82) is 0 Å². The van der Waals surface area contributed by atoms with E-state index in [1.54, 1.807) is 0 Å². The van der Waals surface area contributed by atoms with Gasteiger partial charge in [0, 0.05) is 18.7 Å². The lowest BCUT2D eigenvalue weighted by atomic mass is 10.0. The van der Waals surface area contributed by atoms with Crippen molar-refractivity contribution in [3.8, 4) is 0 Å². The van der Waals surface area contributed by atoms with Gasteiger partial charge >= 0.3 is 0 Å². The molecule has 0 heterocycles. The molecule has 2 unspecified atom stereocenters. The SMILES string of the molecule is CCC(C)C(O)CNC(=O)CCc1ccccc1N.Cl. The highest BCUT2D eigenvalue weighted by Gasteiger charge is 2.13. The molecule has 0 radical (unpaired) electrons. The average Bonchev–Trinajstić information content (AvgIpc) is 2.42. The van der Waals surface area contributed by atoms with Crippen LogP contribution in [0.2, 0.25) is 0 Å². The van der Waals surface area contributed by atoms with Crippen LogP contribution in [0.5, 0.6) is 0 Å². The van der Waals surface area contributed by atoms with Crippen LogP contribution in [-0.4, -0.2) is 23.7 Å². The van der Waals surface area contributed by atoms with Crippen molar-refractivity contribution < 1.29 is 9.90 Å². The highest BCUT2D eigenvalue weighted by Crippen LogP contribution is 2.12. The first-order valence-corrected chi connectivity index (χ1v) is 6.82. The number of aryl methyl sites for hydroxylation is 1. The highest BCUT2D eigenvalue weighted by atomic mass is 35.5. The molecule has 1 aromatic rings. The molecule has 1 aromatic carbocycles. The standard InChI is InChI=1S/C15H24N2O2.ClH/c1-3-11(2)14(18)10-17-15(19)9-8-12-6-4-5-7-13(12)16;/h4-7,11,14,18H,3,8-10,16H2,1-2H3,(H,17,19);1H. The van der Waals surface area contributed by atoms with Crippen LogP contribution in [0.15, 0.2) is 24.3 Å². The largest absolute Gasteiger partial charge is 0.399 e. The second-order valence-corrected chi connectivity index (χ2v) is 4.96. The van der Waals surface area contributed by atoms with Crippen LogP contribution in [0.25, 0.3) is 0 Å². The second kappa shape index (κ2) is 9.61. The Morgan fingerprint density at radius 2 is 2.05 bits per heavy atom. The summed E-state index contributed by atoms with van der Waals surface area (Å²) in [6.45, 7) is 4.31. The van der Waals surface area contributed by atoms with Gasteiger partial charge in [-0.2, -0.15) is 0 Å². The molecule has 114 valence electrons. The number of hydrogen-bond donors (Lipinski definition) is 3. The van der Waals surface area contributed by atoms with Crippen molar-refractivity contribution in [3.63, 3.8) is 0 Å². The fourth-order valence-corrected chi connectivity index (χ4v) is 1.79. The van der Waals surface area contributed by atoms with E-state index in [0.29, 0.717) is 19.4 Å². The minimum absolute atomic E-state index is 0. The number of rotatable bonds is 7. The summed E-state index contributed by atoms with van der Waals surface area (Å²) >= 11 is 0. The van der Waals surface area contributed by atoms with Crippen molar-refractivity contribution in [2.75, 3.05) is 12.3 Å². The molecule has 1 rings (SSSR count). The molecule has 0 aliphatic carbocycles. The van der Waals surface area contributed by atoms with Gasteiger partial charge in [0.25, 0.3) is 0 Å². The number of hydrogen-bond acceptors (Lipinski definition) is 3. The van der Waals surface area contributed by atoms with E-state index in [9.17, 15) is 9.90 Å². The highest BCUT2D eigenvalue weighted by molar-refractivity contribution is 5.85. The van der Waals surface area contributed by atoms with Crippen LogP contribution < -0.4 is 11.1 Å². The lowest BCUT2D eigenvalue weighted by Gasteiger charge is -2.17. The Morgan fingerprint density at radius 3 is 2.65 bits per heavy atom. The maximum Gasteiger partial charge on any atom is 0.220 e. The van der Waals surface area contributed by atoms with E-state index in [0.717, 1.165) is 17.7 Å². The molecule has 0 aliphatic rings. The summed E-state index contributed by atoms with van der Waals surface area (Å²) in [6, 6.07) is 7.55. The number of aliphatic hydroxyl groups is 1. The topological polar surface area (TPSA) is 75.3 Å². The van der Waals surface area contributed by atoms with Gasteiger partial charge in [0.15, 0.2) is 0 Å². The summed E-state index contributed by atoms with van der Waals surface area (Å²) < 4.78 is 0. The molecule has 2 atom stereocenters. The molecule has 0 bridgehead atoms. The third-order valence-corrected chi connectivity index (χ3v) is 3.49. The van der Waals surface area contributed by atoms with Gasteiger partial charge in [0.05, 0.1) is 6.10 Å². The van der Waals surface area contributed by atoms with Gasteiger partial charge in [0.1, 0.15) is 0 Å². The van der Waals surface area contributed by atoms with Crippen molar-refractivity contribution >= 4 is 24.0 Å². The maximum absolute atomic E-state index is 11.7. The van der Waals surface area contributed by atoms with Crippen LogP contribution in [0.1, 0.15) is 32.3 Å². The molecule has 0 aromatic heterocycles. The number of nitrogens with one attached hydrogen (secondary N) is 1. The smallest absolute Gasteiger partial charge is 0.220 e. The van der Waals surface area contributed by atoms with Gasteiger partial charge in [-0.05, 0) is 24.0 Å². The molecule has 0 saturated carbocycles. The van der Waals surface area contributed by atoms with Crippen LogP contribution in [0.4, 0.5) is 5.69 Å². The fourth-order valence-electron chi connectivity index (χ4n) is 1.79. The number of nitrogen functional groups attached to an aromatic ring is 1. The Bertz CT molecular complexity index is 413. The predicted octanol–water partition coefficient (Wildman–Crippen LogP) is 2.15. The normalized spacial score (nSPS) is 13.2. The van der Waals surface area contributed by atoms with E-state index in [1.165, 1.54) is 0 Å². The van der Waals surface area contributed by atoms with Gasteiger partial charge in [0.2, 0.25) is 5.91 Å². The first-order valence-electron chi connectivity index (χ1n) is 6.82. The van der Waals surface area contributed by atoms with Gasteiger partial charge < -0.3 is 16.2 Å². The van der Waals surface area contributed by atoms with E-state index in [2.05, 4.69) is 5.32 Å². The quantitative estimate of drug-likeness (QED) is 0.675. The Kier molecular flexibility index (Phi) is 9.01. The van der Waals surface area contributed by atoms with Crippen LogP contribution in [-0.2, 0) is 11.2 Å². The second-order valence-electron chi connectivity index (χ2n) is 4.96. The summed E-state index contributed by atoms with van der Waals surface area (Å²) in [5, 5.41) is 12.5. The van der Waals surface area contributed by atoms with Crippen molar-refractivity contribution in [2.24, 2.45) is 5.92 Å². The Balaban J connectivity index is 0.00000361. The molecule has 0 saturated heterocycles. The van der Waals surface area contributed by atoms with E-state index in [1.807, 2.05) is 38.1 Å². The summed E-state index contributed by atoms with van der Waals surface area (Å²) in [5.41, 5.74) is 7.52. The molecule has 1 amide bonds. The zero-order valence-electron chi connectivity index (χ0n) is 12.1. The number of aliphatic hydroxyl groups excluding tert-OH is 1. The number of para-hydroxylation sites is 1. The van der Waals surface area contributed by atoms with E-state index < -0.39 is 6.10 Å². The molecule has 4 N–H and O–H groups in total. The number of nitrogens with two attached hydrogens (primary N) is 1. The molecular formula is C15H25ClN2O2. The van der Waals surface area contributed by atoms with Gasteiger partial charge in [-0.25, -0.2) is 0 Å². The molecule has 20 heavy (non-hydrogen) atoms. The molecule has 0 fully saturated rings. The predicted molar refractivity (Wildman–Crippen MR) is 84.9 cm³/mol. The summed E-state index contributed by atoms with van der Waals surface area (Å²) in [6.07, 6.45) is 1.44. The first kappa shape index (κ1) is 18.7. The van der Waals surface area contributed by atoms with Crippen LogP contribution in [0.3, 0.4) is 0 Å².